The molecule has 0 fully saturated rings. The summed E-state index contributed by atoms with van der Waals surface area (Å²) in [6.07, 6.45) is 3.15. The van der Waals surface area contributed by atoms with Crippen LogP contribution in [-0.2, 0) is 5.54 Å². The highest BCUT2D eigenvalue weighted by Crippen LogP contribution is 2.32. The molecule has 4 rings (SSSR count). The molecule has 4 aromatic heterocycles. The third-order valence-electron chi connectivity index (χ3n) is 4.40. The summed E-state index contributed by atoms with van der Waals surface area (Å²) in [6, 6.07) is 16.8. The summed E-state index contributed by atoms with van der Waals surface area (Å²) in [5.74, 6) is 0.916. The number of pyridine rings is 2. The van der Waals surface area contributed by atoms with Crippen LogP contribution in [0, 0.1) is 35.8 Å². The molecule has 4 aromatic rings. The van der Waals surface area contributed by atoms with Gasteiger partial charge in [0.25, 0.3) is 5.82 Å². The molecule has 31 heavy (non-hydrogen) atoms. The van der Waals surface area contributed by atoms with Gasteiger partial charge in [-0.2, -0.15) is 15.6 Å². The highest BCUT2D eigenvalue weighted by atomic mass is 15.3. The van der Waals surface area contributed by atoms with Crippen molar-refractivity contribution >= 4 is 5.82 Å². The summed E-state index contributed by atoms with van der Waals surface area (Å²) in [4.78, 5) is 15.8. The van der Waals surface area contributed by atoms with Crippen LogP contribution in [0.2, 0.25) is 0 Å². The molecule has 0 aliphatic heterocycles. The van der Waals surface area contributed by atoms with Crippen molar-refractivity contribution in [3.05, 3.63) is 101 Å². The Hall–Kier alpha value is -5.32. The van der Waals surface area contributed by atoms with Gasteiger partial charge in [-0.15, -0.1) is 4.68 Å². The Morgan fingerprint density at radius 2 is 1.45 bits per heavy atom. The average Bonchev–Trinajstić information content (AvgIpc) is 3.51. The van der Waals surface area contributed by atoms with Crippen molar-refractivity contribution < 1.29 is 0 Å². The smallest absolute Gasteiger partial charge is 0.359 e. The van der Waals surface area contributed by atoms with Crippen molar-refractivity contribution in [2.45, 2.75) is 5.54 Å². The maximum Gasteiger partial charge on any atom is 0.398 e. The highest BCUT2D eigenvalue weighted by Gasteiger charge is 2.45. The average molecular weight is 402 g/mol. The SMILES string of the molecule is [C-]#[N+]c1ccn(-c2cccc(C(C#N)([N+]#[C-])c3cccc(-n4ccc(C#N)n4)n3)n2)n1. The first-order chi connectivity index (χ1) is 15.1. The van der Waals surface area contributed by atoms with Gasteiger partial charge in [-0.1, -0.05) is 18.7 Å². The Balaban J connectivity index is 1.82. The standard InChI is InChI=1S/C21H10N10/c1-24-18-10-12-31(29-18)20-8-4-6-17(27-20)21(14-23,25-2)16-5-3-7-19(26-16)30-11-9-15(13-22)28-30/h3-12H. The summed E-state index contributed by atoms with van der Waals surface area (Å²) >= 11 is 0. The number of rotatable bonds is 4. The van der Waals surface area contributed by atoms with Gasteiger partial charge in [-0.25, -0.2) is 21.2 Å². The van der Waals surface area contributed by atoms with E-state index in [-0.39, 0.29) is 22.9 Å². The fraction of sp³-hybridized carbons (Fsp3) is 0.0476. The summed E-state index contributed by atoms with van der Waals surface area (Å²) < 4.78 is 2.80. The summed E-state index contributed by atoms with van der Waals surface area (Å²) in [7, 11) is 0. The van der Waals surface area contributed by atoms with E-state index in [9.17, 15) is 5.26 Å². The third kappa shape index (κ3) is 3.23. The van der Waals surface area contributed by atoms with E-state index in [0.29, 0.717) is 11.6 Å². The Bertz CT molecular complexity index is 1340. The van der Waals surface area contributed by atoms with Crippen LogP contribution in [0.15, 0.2) is 60.9 Å². The lowest BCUT2D eigenvalue weighted by molar-refractivity contribution is 0.724. The van der Waals surface area contributed by atoms with E-state index in [1.54, 1.807) is 54.9 Å². The monoisotopic (exact) mass is 402 g/mol. The van der Waals surface area contributed by atoms with E-state index >= 15 is 0 Å². The van der Waals surface area contributed by atoms with Crippen LogP contribution in [0.3, 0.4) is 0 Å². The summed E-state index contributed by atoms with van der Waals surface area (Å²) in [5, 5.41) is 27.2. The van der Waals surface area contributed by atoms with E-state index in [2.05, 4.69) is 29.9 Å². The van der Waals surface area contributed by atoms with Crippen LogP contribution in [-0.4, -0.2) is 29.5 Å². The molecule has 0 saturated heterocycles. The molecule has 0 N–H and O–H groups in total. The van der Waals surface area contributed by atoms with E-state index in [0.717, 1.165) is 0 Å². The Kier molecular flexibility index (Phi) is 4.66. The first kappa shape index (κ1) is 19.0. The number of nitrogens with zero attached hydrogens (tertiary/aromatic N) is 10. The van der Waals surface area contributed by atoms with E-state index in [4.69, 9.17) is 18.4 Å². The van der Waals surface area contributed by atoms with Crippen LogP contribution in [0.5, 0.6) is 0 Å². The van der Waals surface area contributed by atoms with Gasteiger partial charge < -0.3 is 4.85 Å². The molecule has 10 heteroatoms. The number of hydrogen-bond acceptors (Lipinski definition) is 6. The minimum Gasteiger partial charge on any atom is -0.359 e. The molecular formula is C21H10N10. The van der Waals surface area contributed by atoms with Crippen LogP contribution >= 0.6 is 0 Å². The van der Waals surface area contributed by atoms with Gasteiger partial charge in [0.2, 0.25) is 0 Å². The zero-order valence-corrected chi connectivity index (χ0v) is 15.7. The molecule has 144 valence electrons. The van der Waals surface area contributed by atoms with Crippen LogP contribution in [0.1, 0.15) is 17.1 Å². The summed E-state index contributed by atoms with van der Waals surface area (Å²) in [6.45, 7) is 14.8. The molecule has 4 heterocycles. The van der Waals surface area contributed by atoms with Crippen molar-refractivity contribution in [2.75, 3.05) is 0 Å². The molecule has 1 unspecified atom stereocenters. The molecule has 0 bridgehead atoms. The fourth-order valence-corrected chi connectivity index (χ4v) is 2.90. The fourth-order valence-electron chi connectivity index (χ4n) is 2.90. The second-order valence-corrected chi connectivity index (χ2v) is 6.18. The lowest BCUT2D eigenvalue weighted by Crippen LogP contribution is -2.25. The number of nitriles is 2. The lowest BCUT2D eigenvalue weighted by Gasteiger charge is -2.14. The topological polar surface area (TPSA) is 118 Å². The van der Waals surface area contributed by atoms with Gasteiger partial charge >= 0.3 is 5.54 Å². The van der Waals surface area contributed by atoms with Crippen molar-refractivity contribution in [1.82, 2.24) is 29.5 Å². The van der Waals surface area contributed by atoms with Crippen LogP contribution in [0.4, 0.5) is 5.82 Å². The maximum atomic E-state index is 10.0. The molecule has 10 nitrogen and oxygen atoms in total. The van der Waals surface area contributed by atoms with Crippen molar-refractivity contribution in [1.29, 1.82) is 10.5 Å². The van der Waals surface area contributed by atoms with Crippen molar-refractivity contribution in [2.24, 2.45) is 0 Å². The molecule has 0 aliphatic rings. The van der Waals surface area contributed by atoms with Gasteiger partial charge in [0, 0.05) is 12.4 Å². The summed E-state index contributed by atoms with van der Waals surface area (Å²) in [5.41, 5.74) is -1.25. The molecule has 0 aromatic carbocycles. The van der Waals surface area contributed by atoms with Crippen LogP contribution < -0.4 is 0 Å². The largest absolute Gasteiger partial charge is 0.398 e. The molecule has 0 amide bonds. The van der Waals surface area contributed by atoms with Gasteiger partial charge in [0.05, 0.1) is 0 Å². The predicted molar refractivity (Wildman–Crippen MR) is 107 cm³/mol. The minimum atomic E-state index is -1.81. The zero-order valence-electron chi connectivity index (χ0n) is 15.7. The second kappa shape index (κ2) is 7.60. The third-order valence-corrected chi connectivity index (χ3v) is 4.40. The Morgan fingerprint density at radius 1 is 0.839 bits per heavy atom. The van der Waals surface area contributed by atoms with Gasteiger partial charge in [0.15, 0.2) is 23.4 Å². The highest BCUT2D eigenvalue weighted by molar-refractivity contribution is 5.46. The minimum absolute atomic E-state index is 0.170. The van der Waals surface area contributed by atoms with Crippen LogP contribution in [0.25, 0.3) is 21.3 Å². The Morgan fingerprint density at radius 3 is 1.94 bits per heavy atom. The maximum absolute atomic E-state index is 10.0. The molecular weight excluding hydrogens is 392 g/mol. The number of hydrogen-bond donors (Lipinski definition) is 0. The van der Waals surface area contributed by atoms with Crippen molar-refractivity contribution in [3.8, 4) is 23.8 Å². The first-order valence-corrected chi connectivity index (χ1v) is 8.78. The lowest BCUT2D eigenvalue weighted by atomic mass is 9.92. The van der Waals surface area contributed by atoms with E-state index in [1.807, 2.05) is 12.1 Å². The molecule has 0 radical (unpaired) electrons. The quantitative estimate of drug-likeness (QED) is 0.484. The van der Waals surface area contributed by atoms with Gasteiger partial charge in [-0.3, -0.25) is 4.85 Å². The zero-order chi connectivity index (χ0) is 21.8. The normalized spacial score (nSPS) is 12.0. The van der Waals surface area contributed by atoms with E-state index < -0.39 is 5.54 Å². The molecule has 0 saturated carbocycles. The van der Waals surface area contributed by atoms with E-state index in [1.165, 1.54) is 15.4 Å². The predicted octanol–water partition coefficient (Wildman–Crippen LogP) is 2.96. The number of aromatic nitrogens is 6. The van der Waals surface area contributed by atoms with Gasteiger partial charge in [-0.05, 0) is 41.5 Å². The second-order valence-electron chi connectivity index (χ2n) is 6.18. The Labute approximate surface area is 176 Å². The molecule has 1 atom stereocenters. The molecule has 0 aliphatic carbocycles. The van der Waals surface area contributed by atoms with Gasteiger partial charge in [0.1, 0.15) is 17.5 Å². The van der Waals surface area contributed by atoms with Crippen molar-refractivity contribution in [3.63, 3.8) is 0 Å². The molecule has 0 spiro atoms. The first-order valence-electron chi connectivity index (χ1n) is 8.78.